The van der Waals surface area contributed by atoms with Crippen LogP contribution in [-0.2, 0) is 13.0 Å². The summed E-state index contributed by atoms with van der Waals surface area (Å²) in [6, 6.07) is 4.29. The van der Waals surface area contributed by atoms with Crippen molar-refractivity contribution >= 4 is 0 Å². The smallest absolute Gasteiger partial charge is 0.0222 e. The van der Waals surface area contributed by atoms with E-state index in [1.807, 2.05) is 0 Å². The number of rotatable bonds is 7. The Kier molecular flexibility index (Phi) is 5.38. The molecule has 0 saturated heterocycles. The zero-order chi connectivity index (χ0) is 10.2. The highest BCUT2D eigenvalue weighted by molar-refractivity contribution is 5.07. The fourth-order valence-corrected chi connectivity index (χ4v) is 1.75. The summed E-state index contributed by atoms with van der Waals surface area (Å²) in [5, 5.41) is 0. The maximum absolute atomic E-state index is 5.55. The number of hydrogen-bond donors (Lipinski definition) is 1. The molecule has 0 atom stereocenters. The lowest BCUT2D eigenvalue weighted by molar-refractivity contribution is 0.569. The predicted molar refractivity (Wildman–Crippen MR) is 61.3 cm³/mol. The van der Waals surface area contributed by atoms with Gasteiger partial charge in [-0.2, -0.15) is 0 Å². The molecule has 1 rings (SSSR count). The highest BCUT2D eigenvalue weighted by Gasteiger charge is 1.98. The molecule has 0 bridgehead atoms. The van der Waals surface area contributed by atoms with Crippen LogP contribution in [0.2, 0.25) is 0 Å². The molecule has 1 aromatic rings. The van der Waals surface area contributed by atoms with E-state index in [2.05, 4.69) is 29.8 Å². The van der Waals surface area contributed by atoms with Crippen LogP contribution in [0.15, 0.2) is 18.3 Å². The summed E-state index contributed by atoms with van der Waals surface area (Å²) in [5.74, 6) is 0. The van der Waals surface area contributed by atoms with Gasteiger partial charge in [-0.25, -0.2) is 0 Å². The molecule has 0 amide bonds. The maximum Gasteiger partial charge on any atom is 0.0222 e. The van der Waals surface area contributed by atoms with Gasteiger partial charge < -0.3 is 10.3 Å². The number of nitrogens with zero attached hydrogens (tertiary/aromatic N) is 1. The monoisotopic (exact) mass is 194 g/mol. The zero-order valence-corrected chi connectivity index (χ0v) is 9.21. The van der Waals surface area contributed by atoms with Crippen LogP contribution >= 0.6 is 0 Å². The van der Waals surface area contributed by atoms with Gasteiger partial charge in [-0.15, -0.1) is 0 Å². The summed E-state index contributed by atoms with van der Waals surface area (Å²) < 4.78 is 2.34. The minimum absolute atomic E-state index is 0.749. The molecule has 0 fully saturated rings. The highest BCUT2D eigenvalue weighted by Crippen LogP contribution is 2.07. The van der Waals surface area contributed by atoms with Crippen molar-refractivity contribution in [1.29, 1.82) is 0 Å². The second kappa shape index (κ2) is 6.66. The first-order valence-corrected chi connectivity index (χ1v) is 5.72. The molecule has 1 heterocycles. The van der Waals surface area contributed by atoms with Crippen molar-refractivity contribution in [2.75, 3.05) is 6.54 Å². The van der Waals surface area contributed by atoms with Crippen LogP contribution in [0.5, 0.6) is 0 Å². The standard InChI is InChI=1S/C12H22N2/c1-2-3-4-5-10-14-11-6-7-12(14)8-9-13/h6-7,11H,2-5,8-10,13H2,1H3. The summed E-state index contributed by atoms with van der Waals surface area (Å²) in [4.78, 5) is 0. The Morgan fingerprint density at radius 1 is 1.29 bits per heavy atom. The fourth-order valence-electron chi connectivity index (χ4n) is 1.75. The van der Waals surface area contributed by atoms with Crippen molar-refractivity contribution in [2.24, 2.45) is 5.73 Å². The Bertz CT molecular complexity index is 240. The molecule has 14 heavy (non-hydrogen) atoms. The highest BCUT2D eigenvalue weighted by atomic mass is 15.0. The minimum atomic E-state index is 0.749. The maximum atomic E-state index is 5.55. The molecular formula is C12H22N2. The lowest BCUT2D eigenvalue weighted by Gasteiger charge is -2.07. The molecule has 80 valence electrons. The molecule has 0 aliphatic carbocycles. The summed E-state index contributed by atoms with van der Waals surface area (Å²) in [6.07, 6.45) is 8.46. The molecule has 0 radical (unpaired) electrons. The lowest BCUT2D eigenvalue weighted by Crippen LogP contribution is -2.08. The van der Waals surface area contributed by atoms with E-state index in [-0.39, 0.29) is 0 Å². The van der Waals surface area contributed by atoms with E-state index in [0.717, 1.165) is 19.5 Å². The quantitative estimate of drug-likeness (QED) is 0.664. The Balaban J connectivity index is 2.30. The second-order valence-corrected chi connectivity index (χ2v) is 3.79. The first kappa shape index (κ1) is 11.3. The van der Waals surface area contributed by atoms with Crippen LogP contribution in [0.25, 0.3) is 0 Å². The molecule has 0 saturated carbocycles. The molecule has 2 nitrogen and oxygen atoms in total. The van der Waals surface area contributed by atoms with Crippen LogP contribution in [0, 0.1) is 0 Å². The van der Waals surface area contributed by atoms with Gasteiger partial charge in [0.15, 0.2) is 0 Å². The molecule has 0 spiro atoms. The van der Waals surface area contributed by atoms with E-state index >= 15 is 0 Å². The summed E-state index contributed by atoms with van der Waals surface area (Å²) in [5.41, 5.74) is 6.93. The molecule has 1 aromatic heterocycles. The molecule has 2 N–H and O–H groups in total. The van der Waals surface area contributed by atoms with Crippen LogP contribution in [0.3, 0.4) is 0 Å². The van der Waals surface area contributed by atoms with Crippen molar-refractivity contribution in [3.05, 3.63) is 24.0 Å². The van der Waals surface area contributed by atoms with Gasteiger partial charge in [0.25, 0.3) is 0 Å². The number of unbranched alkanes of at least 4 members (excludes halogenated alkanes) is 3. The third-order valence-electron chi connectivity index (χ3n) is 2.58. The first-order chi connectivity index (χ1) is 6.88. The Morgan fingerprint density at radius 3 is 2.86 bits per heavy atom. The van der Waals surface area contributed by atoms with Crippen LogP contribution in [-0.4, -0.2) is 11.1 Å². The molecule has 0 aliphatic heterocycles. The molecular weight excluding hydrogens is 172 g/mol. The topological polar surface area (TPSA) is 30.9 Å². The van der Waals surface area contributed by atoms with Crippen LogP contribution < -0.4 is 5.73 Å². The van der Waals surface area contributed by atoms with Crippen LogP contribution in [0.1, 0.15) is 38.3 Å². The third-order valence-corrected chi connectivity index (χ3v) is 2.58. The van der Waals surface area contributed by atoms with E-state index in [1.54, 1.807) is 0 Å². The van der Waals surface area contributed by atoms with E-state index in [1.165, 1.54) is 31.4 Å². The van der Waals surface area contributed by atoms with Gasteiger partial charge in [-0.05, 0) is 31.5 Å². The minimum Gasteiger partial charge on any atom is -0.351 e. The SMILES string of the molecule is CCCCCCn1cccc1CCN. The third kappa shape index (κ3) is 3.54. The number of nitrogens with two attached hydrogens (primary N) is 1. The van der Waals surface area contributed by atoms with Crippen LogP contribution in [0.4, 0.5) is 0 Å². The Hall–Kier alpha value is -0.760. The molecule has 0 aliphatic rings. The van der Waals surface area contributed by atoms with Gasteiger partial charge in [-0.1, -0.05) is 26.2 Å². The largest absolute Gasteiger partial charge is 0.351 e. The fraction of sp³-hybridized carbons (Fsp3) is 0.667. The number of aromatic nitrogens is 1. The number of hydrogen-bond acceptors (Lipinski definition) is 1. The van der Waals surface area contributed by atoms with E-state index < -0.39 is 0 Å². The van der Waals surface area contributed by atoms with Gasteiger partial charge in [-0.3, -0.25) is 0 Å². The average Bonchev–Trinajstić information content (AvgIpc) is 2.61. The normalized spacial score (nSPS) is 10.7. The van der Waals surface area contributed by atoms with Gasteiger partial charge in [0.2, 0.25) is 0 Å². The van der Waals surface area contributed by atoms with Crippen molar-refractivity contribution in [3.63, 3.8) is 0 Å². The summed E-state index contributed by atoms with van der Waals surface area (Å²) in [7, 11) is 0. The lowest BCUT2D eigenvalue weighted by atomic mass is 10.2. The van der Waals surface area contributed by atoms with Crippen molar-refractivity contribution in [2.45, 2.75) is 45.6 Å². The number of aryl methyl sites for hydroxylation is 1. The second-order valence-electron chi connectivity index (χ2n) is 3.79. The van der Waals surface area contributed by atoms with Crippen molar-refractivity contribution < 1.29 is 0 Å². The summed E-state index contributed by atoms with van der Waals surface area (Å²) >= 11 is 0. The molecule has 2 heteroatoms. The van der Waals surface area contributed by atoms with E-state index in [9.17, 15) is 0 Å². The van der Waals surface area contributed by atoms with Gasteiger partial charge in [0, 0.05) is 18.4 Å². The molecule has 0 aromatic carbocycles. The first-order valence-electron chi connectivity index (χ1n) is 5.72. The average molecular weight is 194 g/mol. The van der Waals surface area contributed by atoms with Crippen molar-refractivity contribution in [3.8, 4) is 0 Å². The predicted octanol–water partition coefficient (Wildman–Crippen LogP) is 2.57. The van der Waals surface area contributed by atoms with Gasteiger partial charge in [0.05, 0.1) is 0 Å². The zero-order valence-electron chi connectivity index (χ0n) is 9.21. The molecule has 0 unspecified atom stereocenters. The Morgan fingerprint density at radius 2 is 2.14 bits per heavy atom. The van der Waals surface area contributed by atoms with Gasteiger partial charge in [0.1, 0.15) is 0 Å². The summed E-state index contributed by atoms with van der Waals surface area (Å²) in [6.45, 7) is 4.15. The van der Waals surface area contributed by atoms with E-state index in [0.29, 0.717) is 0 Å². The van der Waals surface area contributed by atoms with E-state index in [4.69, 9.17) is 5.73 Å². The van der Waals surface area contributed by atoms with Crippen molar-refractivity contribution in [1.82, 2.24) is 4.57 Å². The van der Waals surface area contributed by atoms with Gasteiger partial charge >= 0.3 is 0 Å². The Labute approximate surface area is 87.1 Å².